The van der Waals surface area contributed by atoms with Crippen molar-refractivity contribution in [1.29, 1.82) is 0 Å². The Bertz CT molecular complexity index is 880. The van der Waals surface area contributed by atoms with Gasteiger partial charge in [-0.05, 0) is 19.4 Å². The van der Waals surface area contributed by atoms with Gasteiger partial charge in [0.1, 0.15) is 5.60 Å². The minimum Gasteiger partial charge on any atom is -0.466 e. The molecule has 3 atom stereocenters. The number of aliphatic hydroxyl groups is 1. The molecule has 31 heavy (non-hydrogen) atoms. The second-order valence-electron chi connectivity index (χ2n) is 8.22. The zero-order valence-corrected chi connectivity index (χ0v) is 18.0. The van der Waals surface area contributed by atoms with E-state index in [0.29, 0.717) is 30.9 Å². The van der Waals surface area contributed by atoms with Gasteiger partial charge in [-0.3, -0.25) is 9.69 Å². The molecule has 0 aromatic heterocycles. The summed E-state index contributed by atoms with van der Waals surface area (Å²) in [4.78, 5) is 27.9. The molecule has 2 unspecified atom stereocenters. The zero-order chi connectivity index (χ0) is 22.3. The highest BCUT2D eigenvalue weighted by atomic mass is 16.7. The molecule has 1 N–H and O–H groups in total. The number of ether oxygens (including phenoxy) is 4. The number of para-hydroxylation sites is 1. The predicted molar refractivity (Wildman–Crippen MR) is 111 cm³/mol. The number of esters is 1. The lowest BCUT2D eigenvalue weighted by Gasteiger charge is -2.55. The monoisotopic (exact) mass is 431 g/mol. The highest BCUT2D eigenvalue weighted by molar-refractivity contribution is 5.96. The molecule has 8 heteroatoms. The molecule has 2 spiro atoms. The summed E-state index contributed by atoms with van der Waals surface area (Å²) in [7, 11) is 1.29. The Labute approximate surface area is 181 Å². The molecular formula is C23H29NO7. The predicted octanol–water partition coefficient (Wildman–Crippen LogP) is 2.88. The molecule has 2 fully saturated rings. The number of fused-ring (bicyclic) bond motifs is 1. The van der Waals surface area contributed by atoms with Crippen molar-refractivity contribution in [1.82, 2.24) is 0 Å². The van der Waals surface area contributed by atoms with Crippen LogP contribution in [0.5, 0.6) is 0 Å². The first kappa shape index (κ1) is 21.8. The second kappa shape index (κ2) is 7.93. The summed E-state index contributed by atoms with van der Waals surface area (Å²) >= 11 is 0. The molecule has 168 valence electrons. The summed E-state index contributed by atoms with van der Waals surface area (Å²) in [6, 6.07) is 7.12. The first-order chi connectivity index (χ1) is 14.9. The lowest BCUT2D eigenvalue weighted by molar-refractivity contribution is -0.220. The van der Waals surface area contributed by atoms with E-state index in [4.69, 9.17) is 18.9 Å². The molecule has 2 heterocycles. The number of rotatable bonds is 4. The van der Waals surface area contributed by atoms with E-state index < -0.39 is 34.9 Å². The molecule has 1 saturated heterocycles. The Balaban J connectivity index is 1.94. The lowest BCUT2D eigenvalue weighted by Crippen LogP contribution is -2.69. The van der Waals surface area contributed by atoms with Crippen molar-refractivity contribution in [2.45, 2.75) is 49.5 Å². The number of amides is 1. The molecule has 2 aliphatic heterocycles. The number of hydrogen-bond acceptors (Lipinski definition) is 7. The molecule has 1 amide bonds. The van der Waals surface area contributed by atoms with Crippen LogP contribution in [0, 0.1) is 5.92 Å². The van der Waals surface area contributed by atoms with Gasteiger partial charge in [0.2, 0.25) is 0 Å². The number of benzene rings is 1. The third kappa shape index (κ3) is 3.00. The molecule has 0 bridgehead atoms. The molecule has 1 saturated carbocycles. The summed E-state index contributed by atoms with van der Waals surface area (Å²) in [5.74, 6) is -2.35. The molecule has 3 aliphatic rings. The fourth-order valence-electron chi connectivity index (χ4n) is 5.68. The smallest absolute Gasteiger partial charge is 0.414 e. The first-order valence-corrected chi connectivity index (χ1v) is 10.6. The largest absolute Gasteiger partial charge is 0.466 e. The third-order valence-corrected chi connectivity index (χ3v) is 6.87. The average Bonchev–Trinajstić information content (AvgIpc) is 3.30. The van der Waals surface area contributed by atoms with E-state index in [-0.39, 0.29) is 25.9 Å². The number of carbonyl (C=O) groups is 2. The van der Waals surface area contributed by atoms with Crippen LogP contribution in [0.15, 0.2) is 36.9 Å². The van der Waals surface area contributed by atoms with Gasteiger partial charge < -0.3 is 24.1 Å². The van der Waals surface area contributed by atoms with Gasteiger partial charge in [0.15, 0.2) is 5.79 Å². The first-order valence-electron chi connectivity index (χ1n) is 10.6. The molecule has 4 rings (SSSR count). The van der Waals surface area contributed by atoms with E-state index in [1.165, 1.54) is 12.0 Å². The molecule has 1 aromatic rings. The van der Waals surface area contributed by atoms with Crippen LogP contribution in [-0.2, 0) is 29.3 Å². The molecule has 8 nitrogen and oxygen atoms in total. The number of methoxy groups -OCH3 is 1. The molecular weight excluding hydrogens is 402 g/mol. The molecule has 0 radical (unpaired) electrons. The van der Waals surface area contributed by atoms with E-state index in [1.807, 2.05) is 0 Å². The van der Waals surface area contributed by atoms with Crippen molar-refractivity contribution in [2.24, 2.45) is 5.92 Å². The van der Waals surface area contributed by atoms with Crippen molar-refractivity contribution in [3.8, 4) is 0 Å². The third-order valence-electron chi connectivity index (χ3n) is 6.87. The van der Waals surface area contributed by atoms with Gasteiger partial charge in [0, 0.05) is 24.8 Å². The maximum Gasteiger partial charge on any atom is 0.414 e. The van der Waals surface area contributed by atoms with E-state index in [9.17, 15) is 14.7 Å². The quantitative estimate of drug-likeness (QED) is 0.579. The minimum atomic E-state index is -1.57. The highest BCUT2D eigenvalue weighted by Gasteiger charge is 2.71. The van der Waals surface area contributed by atoms with Gasteiger partial charge in [-0.1, -0.05) is 24.3 Å². The van der Waals surface area contributed by atoms with Crippen molar-refractivity contribution < 1.29 is 33.6 Å². The second-order valence-corrected chi connectivity index (χ2v) is 8.22. The Hall–Kier alpha value is -2.42. The Kier molecular flexibility index (Phi) is 5.57. The summed E-state index contributed by atoms with van der Waals surface area (Å²) in [5, 5.41) is 12.2. The Morgan fingerprint density at radius 1 is 1.29 bits per heavy atom. The van der Waals surface area contributed by atoms with E-state index in [2.05, 4.69) is 6.58 Å². The number of carbonyl (C=O) groups excluding carboxylic acids is 2. The maximum atomic E-state index is 13.3. The van der Waals surface area contributed by atoms with Crippen molar-refractivity contribution >= 4 is 17.7 Å². The number of nitrogens with zero attached hydrogens (tertiary/aromatic N) is 1. The van der Waals surface area contributed by atoms with Crippen LogP contribution in [0.3, 0.4) is 0 Å². The normalized spacial score (nSPS) is 30.9. The van der Waals surface area contributed by atoms with Crippen LogP contribution < -0.4 is 4.90 Å². The Morgan fingerprint density at radius 3 is 2.65 bits per heavy atom. The van der Waals surface area contributed by atoms with E-state index in [0.717, 1.165) is 0 Å². The molecule has 1 aliphatic carbocycles. The van der Waals surface area contributed by atoms with Crippen LogP contribution in [0.1, 0.15) is 38.2 Å². The molecule has 1 aromatic carbocycles. The van der Waals surface area contributed by atoms with Crippen LogP contribution >= 0.6 is 0 Å². The average molecular weight is 431 g/mol. The van der Waals surface area contributed by atoms with E-state index >= 15 is 0 Å². The van der Waals surface area contributed by atoms with Crippen LogP contribution in [0.25, 0.3) is 0 Å². The van der Waals surface area contributed by atoms with Crippen molar-refractivity contribution in [3.05, 3.63) is 42.5 Å². The van der Waals surface area contributed by atoms with Gasteiger partial charge in [0.05, 0.1) is 44.1 Å². The standard InChI is InChI=1S/C23H29NO7/c1-4-10-23(27)16-8-6-7-9-18(16)24(20(26)28-3)22(23)12-11-21(30-13-14-31-21)15-17(22)19(25)29-5-2/h4,6-9,17,27H,1,5,10-15H2,2-3H3/t17?,22?,23-/m1/s1. The zero-order valence-electron chi connectivity index (χ0n) is 18.0. The maximum absolute atomic E-state index is 13.3. The van der Waals surface area contributed by atoms with Gasteiger partial charge in [-0.25, -0.2) is 4.79 Å². The topological polar surface area (TPSA) is 94.5 Å². The summed E-state index contributed by atoms with van der Waals surface area (Å²) in [6.45, 7) is 6.59. The number of anilines is 1. The SMILES string of the molecule is C=CC[C@@]1(O)c2ccccc2N(C(=O)OC)C12CCC1(CC2C(=O)OCC)OCCO1. The fraction of sp³-hybridized carbons (Fsp3) is 0.565. The van der Waals surface area contributed by atoms with Crippen LogP contribution in [-0.4, -0.2) is 55.4 Å². The fourth-order valence-corrected chi connectivity index (χ4v) is 5.68. The summed E-state index contributed by atoms with van der Waals surface area (Å²) < 4.78 is 22.4. The Morgan fingerprint density at radius 2 is 2.00 bits per heavy atom. The van der Waals surface area contributed by atoms with Crippen LogP contribution in [0.4, 0.5) is 10.5 Å². The van der Waals surface area contributed by atoms with Crippen molar-refractivity contribution in [2.75, 3.05) is 31.8 Å². The van der Waals surface area contributed by atoms with Gasteiger partial charge in [-0.2, -0.15) is 0 Å². The van der Waals surface area contributed by atoms with Crippen molar-refractivity contribution in [3.63, 3.8) is 0 Å². The minimum absolute atomic E-state index is 0.141. The van der Waals surface area contributed by atoms with Gasteiger partial charge >= 0.3 is 12.1 Å². The van der Waals surface area contributed by atoms with Gasteiger partial charge in [-0.15, -0.1) is 6.58 Å². The summed E-state index contributed by atoms with van der Waals surface area (Å²) in [5.41, 5.74) is -1.85. The number of hydrogen-bond donors (Lipinski definition) is 1. The van der Waals surface area contributed by atoms with Gasteiger partial charge in [0.25, 0.3) is 0 Å². The lowest BCUT2D eigenvalue weighted by atomic mass is 9.60. The van der Waals surface area contributed by atoms with E-state index in [1.54, 1.807) is 37.3 Å². The van der Waals surface area contributed by atoms with Crippen LogP contribution in [0.2, 0.25) is 0 Å². The summed E-state index contributed by atoms with van der Waals surface area (Å²) in [6.07, 6.45) is 1.92. The highest BCUT2D eigenvalue weighted by Crippen LogP contribution is 2.62.